The van der Waals surface area contributed by atoms with E-state index >= 15 is 0 Å². The van der Waals surface area contributed by atoms with Crippen LogP contribution in [0.25, 0.3) is 0 Å². The molecule has 3 saturated carbocycles. The summed E-state index contributed by atoms with van der Waals surface area (Å²) in [6.07, 6.45) is 9.44. The van der Waals surface area contributed by atoms with E-state index in [1.54, 1.807) is 0 Å². The number of benzene rings is 1. The molecule has 7 atom stereocenters. The Labute approximate surface area is 199 Å². The molecule has 1 heterocycles. The molecule has 2 unspecified atom stereocenters. The highest BCUT2D eigenvalue weighted by Gasteiger charge is 2.61. The Morgan fingerprint density at radius 3 is 2.48 bits per heavy atom. The standard InChI is InChI=1S/C29H42N2O2/c1-27(2,18-19-8-6-5-7-9-19)31-26(33)23-12-11-21-20-10-13-24-29(4,17-15-25(32)30-24)22(20)14-16-28(21,23)3/h5-9,20-24H,10-18H2,1-4H3,(H,30,32)(H,31,33)/t20-,21-,22+,23?,24?,28-,29+/m0/s1. The molecule has 4 fully saturated rings. The van der Waals surface area contributed by atoms with E-state index < -0.39 is 0 Å². The van der Waals surface area contributed by atoms with Crippen LogP contribution in [0.2, 0.25) is 0 Å². The molecular formula is C29H42N2O2. The Bertz CT molecular complexity index is 911. The summed E-state index contributed by atoms with van der Waals surface area (Å²) in [5.41, 5.74) is 1.35. The van der Waals surface area contributed by atoms with Crippen molar-refractivity contribution >= 4 is 11.8 Å². The molecule has 0 bridgehead atoms. The molecule has 1 aliphatic heterocycles. The zero-order valence-electron chi connectivity index (χ0n) is 21.0. The quantitative estimate of drug-likeness (QED) is 0.657. The number of fused-ring (bicyclic) bond motifs is 5. The van der Waals surface area contributed by atoms with Crippen molar-refractivity contribution in [3.8, 4) is 0 Å². The minimum absolute atomic E-state index is 0.106. The Morgan fingerprint density at radius 1 is 1.00 bits per heavy atom. The Balaban J connectivity index is 1.30. The molecule has 1 aromatic carbocycles. The highest BCUT2D eigenvalue weighted by molar-refractivity contribution is 5.81. The maximum Gasteiger partial charge on any atom is 0.224 e. The van der Waals surface area contributed by atoms with E-state index in [1.165, 1.54) is 24.8 Å². The largest absolute Gasteiger partial charge is 0.353 e. The minimum atomic E-state index is -0.254. The molecule has 4 nitrogen and oxygen atoms in total. The topological polar surface area (TPSA) is 58.2 Å². The first-order chi connectivity index (χ1) is 15.6. The van der Waals surface area contributed by atoms with Crippen molar-refractivity contribution in [2.75, 3.05) is 0 Å². The summed E-state index contributed by atoms with van der Waals surface area (Å²) >= 11 is 0. The van der Waals surface area contributed by atoms with Gasteiger partial charge < -0.3 is 10.6 Å². The number of nitrogens with one attached hydrogen (secondary N) is 2. The van der Waals surface area contributed by atoms with Gasteiger partial charge in [-0.05, 0) is 99.4 Å². The van der Waals surface area contributed by atoms with Gasteiger partial charge in [0.15, 0.2) is 0 Å². The highest BCUT2D eigenvalue weighted by Crippen LogP contribution is 2.65. The van der Waals surface area contributed by atoms with Crippen LogP contribution >= 0.6 is 0 Å². The van der Waals surface area contributed by atoms with Crippen molar-refractivity contribution in [2.24, 2.45) is 34.5 Å². The van der Waals surface area contributed by atoms with Crippen LogP contribution in [-0.2, 0) is 16.0 Å². The molecule has 4 aliphatic rings. The fraction of sp³-hybridized carbons (Fsp3) is 0.724. The maximum atomic E-state index is 13.6. The normalized spacial score (nSPS) is 40.2. The van der Waals surface area contributed by atoms with Gasteiger partial charge in [0.2, 0.25) is 11.8 Å². The number of rotatable bonds is 4. The lowest BCUT2D eigenvalue weighted by Gasteiger charge is -2.60. The van der Waals surface area contributed by atoms with E-state index in [4.69, 9.17) is 0 Å². The first-order valence-electron chi connectivity index (χ1n) is 13.3. The fourth-order valence-corrected chi connectivity index (χ4v) is 8.70. The van der Waals surface area contributed by atoms with E-state index in [-0.39, 0.29) is 34.1 Å². The summed E-state index contributed by atoms with van der Waals surface area (Å²) in [6.45, 7) is 9.18. The summed E-state index contributed by atoms with van der Waals surface area (Å²) in [5.74, 6) is 2.66. The third-order valence-corrected chi connectivity index (χ3v) is 10.4. The Morgan fingerprint density at radius 2 is 1.73 bits per heavy atom. The zero-order chi connectivity index (χ0) is 23.4. The van der Waals surface area contributed by atoms with Crippen LogP contribution in [-0.4, -0.2) is 23.4 Å². The van der Waals surface area contributed by atoms with Gasteiger partial charge in [0.05, 0.1) is 0 Å². The molecule has 33 heavy (non-hydrogen) atoms. The summed E-state index contributed by atoms with van der Waals surface area (Å²) in [7, 11) is 0. The lowest BCUT2D eigenvalue weighted by molar-refractivity contribution is -0.142. The third kappa shape index (κ3) is 3.91. The van der Waals surface area contributed by atoms with Crippen LogP contribution in [0.3, 0.4) is 0 Å². The van der Waals surface area contributed by atoms with Gasteiger partial charge in [0, 0.05) is 23.9 Å². The molecule has 0 aromatic heterocycles. The number of hydrogen-bond donors (Lipinski definition) is 2. The highest BCUT2D eigenvalue weighted by atomic mass is 16.2. The summed E-state index contributed by atoms with van der Waals surface area (Å²) < 4.78 is 0. The Kier molecular flexibility index (Phi) is 5.65. The van der Waals surface area contributed by atoms with Crippen LogP contribution in [0.15, 0.2) is 30.3 Å². The van der Waals surface area contributed by atoms with E-state index in [1.807, 2.05) is 6.07 Å². The second-order valence-electron chi connectivity index (χ2n) is 12.8. The van der Waals surface area contributed by atoms with E-state index in [9.17, 15) is 9.59 Å². The van der Waals surface area contributed by atoms with Crippen molar-refractivity contribution in [3.05, 3.63) is 35.9 Å². The average Bonchev–Trinajstić information content (AvgIpc) is 3.11. The van der Waals surface area contributed by atoms with E-state index in [0.29, 0.717) is 30.2 Å². The summed E-state index contributed by atoms with van der Waals surface area (Å²) in [5, 5.41) is 6.78. The van der Waals surface area contributed by atoms with Crippen LogP contribution in [0.5, 0.6) is 0 Å². The van der Waals surface area contributed by atoms with E-state index in [0.717, 1.165) is 32.1 Å². The van der Waals surface area contributed by atoms with Gasteiger partial charge in [0.25, 0.3) is 0 Å². The minimum Gasteiger partial charge on any atom is -0.353 e. The predicted octanol–water partition coefficient (Wildman–Crippen LogP) is 5.26. The third-order valence-electron chi connectivity index (χ3n) is 10.4. The van der Waals surface area contributed by atoms with Crippen LogP contribution in [0.1, 0.15) is 84.6 Å². The number of amides is 2. The molecule has 4 heteroatoms. The SMILES string of the molecule is CC(C)(Cc1ccccc1)NC(=O)C1CC[C@H]2[C@@H]3CCC4NC(=O)CC[C@]4(C)[C@@H]3CC[C@]12C. The number of hydrogen-bond acceptors (Lipinski definition) is 2. The lowest BCUT2D eigenvalue weighted by atomic mass is 9.47. The van der Waals surface area contributed by atoms with E-state index in [2.05, 4.69) is 62.6 Å². The van der Waals surface area contributed by atoms with Gasteiger partial charge in [-0.25, -0.2) is 0 Å². The van der Waals surface area contributed by atoms with Crippen molar-refractivity contribution in [1.29, 1.82) is 0 Å². The van der Waals surface area contributed by atoms with Crippen molar-refractivity contribution < 1.29 is 9.59 Å². The lowest BCUT2D eigenvalue weighted by Crippen LogP contribution is -2.61. The molecule has 5 rings (SSSR count). The molecular weight excluding hydrogens is 408 g/mol. The predicted molar refractivity (Wildman–Crippen MR) is 131 cm³/mol. The number of piperidine rings is 1. The molecule has 1 aromatic rings. The second kappa shape index (κ2) is 8.13. The molecule has 2 N–H and O–H groups in total. The van der Waals surface area contributed by atoms with Gasteiger partial charge in [0.1, 0.15) is 0 Å². The van der Waals surface area contributed by atoms with Crippen molar-refractivity contribution in [3.63, 3.8) is 0 Å². The maximum absolute atomic E-state index is 13.6. The number of carbonyl (C=O) groups is 2. The monoisotopic (exact) mass is 450 g/mol. The average molecular weight is 451 g/mol. The zero-order valence-corrected chi connectivity index (χ0v) is 21.0. The smallest absolute Gasteiger partial charge is 0.224 e. The van der Waals surface area contributed by atoms with Gasteiger partial charge in [-0.1, -0.05) is 44.2 Å². The Hall–Kier alpha value is -1.84. The molecule has 0 radical (unpaired) electrons. The van der Waals surface area contributed by atoms with Crippen LogP contribution in [0.4, 0.5) is 0 Å². The summed E-state index contributed by atoms with van der Waals surface area (Å²) in [4.78, 5) is 25.7. The molecule has 0 spiro atoms. The van der Waals surface area contributed by atoms with Gasteiger partial charge in [-0.2, -0.15) is 0 Å². The second-order valence-corrected chi connectivity index (χ2v) is 12.8. The van der Waals surface area contributed by atoms with Crippen LogP contribution in [0, 0.1) is 34.5 Å². The summed E-state index contributed by atoms with van der Waals surface area (Å²) in [6, 6.07) is 10.8. The van der Waals surface area contributed by atoms with Crippen LogP contribution < -0.4 is 10.6 Å². The first kappa shape index (κ1) is 22.9. The molecule has 1 saturated heterocycles. The molecule has 2 amide bonds. The van der Waals surface area contributed by atoms with Gasteiger partial charge in [-0.15, -0.1) is 0 Å². The first-order valence-corrected chi connectivity index (χ1v) is 13.3. The molecule has 3 aliphatic carbocycles. The number of carbonyl (C=O) groups excluding carboxylic acids is 2. The van der Waals surface area contributed by atoms with Crippen molar-refractivity contribution in [2.45, 2.75) is 97.1 Å². The van der Waals surface area contributed by atoms with Gasteiger partial charge >= 0.3 is 0 Å². The van der Waals surface area contributed by atoms with Gasteiger partial charge in [-0.3, -0.25) is 9.59 Å². The fourth-order valence-electron chi connectivity index (χ4n) is 8.70. The molecule has 180 valence electrons. The van der Waals surface area contributed by atoms with Crippen molar-refractivity contribution in [1.82, 2.24) is 10.6 Å².